The number of ether oxygens (including phenoxy) is 1. The molecule has 0 saturated carbocycles. The number of nitrogens with one attached hydrogen (secondary N) is 1. The van der Waals surface area contributed by atoms with E-state index in [2.05, 4.69) is 45.1 Å². The van der Waals surface area contributed by atoms with Gasteiger partial charge in [-0.3, -0.25) is 0 Å². The van der Waals surface area contributed by atoms with Gasteiger partial charge in [-0.1, -0.05) is 17.7 Å². The van der Waals surface area contributed by atoms with Crippen molar-refractivity contribution >= 4 is 0 Å². The first-order valence-electron chi connectivity index (χ1n) is 5.86. The SMILES string of the molecule is COc1c(C)cc(C)cc1C1CNC1(C)C. The van der Waals surface area contributed by atoms with Gasteiger partial charge in [0, 0.05) is 23.6 Å². The highest BCUT2D eigenvalue weighted by Gasteiger charge is 2.40. The molecular weight excluding hydrogens is 198 g/mol. The van der Waals surface area contributed by atoms with Crippen LogP contribution in [-0.4, -0.2) is 19.2 Å². The van der Waals surface area contributed by atoms with Crippen molar-refractivity contribution in [3.63, 3.8) is 0 Å². The van der Waals surface area contributed by atoms with E-state index in [1.54, 1.807) is 7.11 Å². The van der Waals surface area contributed by atoms with Crippen LogP contribution in [0.3, 0.4) is 0 Å². The first-order valence-corrected chi connectivity index (χ1v) is 5.86. The molecule has 1 aromatic carbocycles. The Balaban J connectivity index is 2.47. The predicted molar refractivity (Wildman–Crippen MR) is 67.3 cm³/mol. The molecule has 1 fully saturated rings. The molecule has 1 aliphatic rings. The van der Waals surface area contributed by atoms with Crippen LogP contribution in [0.1, 0.15) is 36.5 Å². The number of hydrogen-bond donors (Lipinski definition) is 1. The number of rotatable bonds is 2. The fourth-order valence-electron chi connectivity index (χ4n) is 2.64. The number of methoxy groups -OCH3 is 1. The van der Waals surface area contributed by atoms with Gasteiger partial charge in [-0.15, -0.1) is 0 Å². The topological polar surface area (TPSA) is 21.3 Å². The Morgan fingerprint density at radius 3 is 2.44 bits per heavy atom. The third kappa shape index (κ3) is 1.71. The van der Waals surface area contributed by atoms with Crippen molar-refractivity contribution in [1.82, 2.24) is 5.32 Å². The smallest absolute Gasteiger partial charge is 0.125 e. The lowest BCUT2D eigenvalue weighted by Gasteiger charge is -2.46. The Labute approximate surface area is 98.0 Å². The molecule has 0 amide bonds. The average Bonchev–Trinajstić information content (AvgIpc) is 2.15. The minimum atomic E-state index is 0.188. The third-order valence-corrected chi connectivity index (χ3v) is 3.66. The third-order valence-electron chi connectivity index (χ3n) is 3.66. The first kappa shape index (κ1) is 11.5. The maximum atomic E-state index is 5.55. The summed E-state index contributed by atoms with van der Waals surface area (Å²) in [7, 11) is 1.76. The molecule has 0 radical (unpaired) electrons. The lowest BCUT2D eigenvalue weighted by molar-refractivity contribution is 0.203. The van der Waals surface area contributed by atoms with E-state index < -0.39 is 0 Å². The van der Waals surface area contributed by atoms with Crippen LogP contribution in [0.2, 0.25) is 0 Å². The summed E-state index contributed by atoms with van der Waals surface area (Å²) in [6.07, 6.45) is 0. The summed E-state index contributed by atoms with van der Waals surface area (Å²) in [5.41, 5.74) is 4.09. The Morgan fingerprint density at radius 1 is 1.31 bits per heavy atom. The number of hydrogen-bond acceptors (Lipinski definition) is 2. The van der Waals surface area contributed by atoms with Crippen molar-refractivity contribution in [3.8, 4) is 5.75 Å². The molecule has 1 aromatic rings. The molecule has 1 unspecified atom stereocenters. The van der Waals surface area contributed by atoms with E-state index in [0.717, 1.165) is 12.3 Å². The van der Waals surface area contributed by atoms with Crippen LogP contribution < -0.4 is 10.1 Å². The van der Waals surface area contributed by atoms with Crippen LogP contribution in [0.15, 0.2) is 12.1 Å². The maximum Gasteiger partial charge on any atom is 0.125 e. The van der Waals surface area contributed by atoms with E-state index in [1.165, 1.54) is 16.7 Å². The zero-order valence-electron chi connectivity index (χ0n) is 10.8. The standard InChI is InChI=1S/C14H21NO/c1-9-6-10(2)13(16-5)11(7-9)12-8-15-14(12,3)4/h6-7,12,15H,8H2,1-5H3. The summed E-state index contributed by atoms with van der Waals surface area (Å²) >= 11 is 0. The second-order valence-corrected chi connectivity index (χ2v) is 5.36. The van der Waals surface area contributed by atoms with Gasteiger partial charge in [0.25, 0.3) is 0 Å². The fraction of sp³-hybridized carbons (Fsp3) is 0.571. The van der Waals surface area contributed by atoms with Gasteiger partial charge in [0.1, 0.15) is 5.75 Å². The molecule has 0 bridgehead atoms. The maximum absolute atomic E-state index is 5.55. The van der Waals surface area contributed by atoms with Crippen LogP contribution in [0.4, 0.5) is 0 Å². The minimum absolute atomic E-state index is 0.188. The highest BCUT2D eigenvalue weighted by atomic mass is 16.5. The number of aryl methyl sites for hydroxylation is 2. The highest BCUT2D eigenvalue weighted by Crippen LogP contribution is 2.41. The van der Waals surface area contributed by atoms with Crippen LogP contribution >= 0.6 is 0 Å². The van der Waals surface area contributed by atoms with Crippen molar-refractivity contribution in [2.45, 2.75) is 39.2 Å². The average molecular weight is 219 g/mol. The van der Waals surface area contributed by atoms with Crippen molar-refractivity contribution in [3.05, 3.63) is 28.8 Å². The van der Waals surface area contributed by atoms with Crippen LogP contribution in [0, 0.1) is 13.8 Å². The first-order chi connectivity index (χ1) is 7.45. The quantitative estimate of drug-likeness (QED) is 0.826. The summed E-state index contributed by atoms with van der Waals surface area (Å²) in [5, 5.41) is 3.47. The number of benzene rings is 1. The van der Waals surface area contributed by atoms with Gasteiger partial charge in [0.2, 0.25) is 0 Å². The largest absolute Gasteiger partial charge is 0.496 e. The Bertz CT molecular complexity index is 409. The van der Waals surface area contributed by atoms with Crippen molar-refractivity contribution in [2.24, 2.45) is 0 Å². The van der Waals surface area contributed by atoms with Gasteiger partial charge in [-0.2, -0.15) is 0 Å². The molecule has 2 rings (SSSR count). The van der Waals surface area contributed by atoms with E-state index in [1.807, 2.05) is 0 Å². The summed E-state index contributed by atoms with van der Waals surface area (Å²) in [4.78, 5) is 0. The molecule has 1 aliphatic heterocycles. The zero-order chi connectivity index (χ0) is 11.9. The van der Waals surface area contributed by atoms with Gasteiger partial charge in [-0.05, 0) is 33.3 Å². The Hall–Kier alpha value is -1.02. The van der Waals surface area contributed by atoms with Crippen molar-refractivity contribution < 1.29 is 4.74 Å². The van der Waals surface area contributed by atoms with E-state index in [-0.39, 0.29) is 5.54 Å². The van der Waals surface area contributed by atoms with E-state index in [0.29, 0.717) is 5.92 Å². The fourth-order valence-corrected chi connectivity index (χ4v) is 2.64. The molecule has 1 saturated heterocycles. The van der Waals surface area contributed by atoms with Crippen LogP contribution in [0.5, 0.6) is 5.75 Å². The minimum Gasteiger partial charge on any atom is -0.496 e. The van der Waals surface area contributed by atoms with Crippen LogP contribution in [-0.2, 0) is 0 Å². The molecule has 2 nitrogen and oxygen atoms in total. The molecule has 1 N–H and O–H groups in total. The molecule has 2 heteroatoms. The Kier molecular flexibility index (Phi) is 2.70. The van der Waals surface area contributed by atoms with Gasteiger partial charge < -0.3 is 10.1 Å². The van der Waals surface area contributed by atoms with E-state index in [9.17, 15) is 0 Å². The highest BCUT2D eigenvalue weighted by molar-refractivity contribution is 5.48. The molecule has 1 atom stereocenters. The van der Waals surface area contributed by atoms with Gasteiger partial charge in [0.05, 0.1) is 7.11 Å². The lowest BCUT2D eigenvalue weighted by atomic mass is 9.74. The van der Waals surface area contributed by atoms with Crippen molar-refractivity contribution in [1.29, 1.82) is 0 Å². The van der Waals surface area contributed by atoms with Gasteiger partial charge in [-0.25, -0.2) is 0 Å². The normalized spacial score (nSPS) is 22.7. The summed E-state index contributed by atoms with van der Waals surface area (Å²) in [5.74, 6) is 1.62. The monoisotopic (exact) mass is 219 g/mol. The molecule has 0 spiro atoms. The summed E-state index contributed by atoms with van der Waals surface area (Å²) < 4.78 is 5.55. The summed E-state index contributed by atoms with van der Waals surface area (Å²) in [6, 6.07) is 4.44. The zero-order valence-corrected chi connectivity index (χ0v) is 10.8. The molecule has 16 heavy (non-hydrogen) atoms. The van der Waals surface area contributed by atoms with Crippen LogP contribution in [0.25, 0.3) is 0 Å². The van der Waals surface area contributed by atoms with Gasteiger partial charge in [0.15, 0.2) is 0 Å². The second-order valence-electron chi connectivity index (χ2n) is 5.36. The molecular formula is C14H21NO. The summed E-state index contributed by atoms with van der Waals surface area (Å²) in [6.45, 7) is 9.81. The Morgan fingerprint density at radius 2 is 2.00 bits per heavy atom. The van der Waals surface area contributed by atoms with Gasteiger partial charge >= 0.3 is 0 Å². The van der Waals surface area contributed by atoms with E-state index in [4.69, 9.17) is 4.74 Å². The van der Waals surface area contributed by atoms with Crippen molar-refractivity contribution in [2.75, 3.05) is 13.7 Å². The molecule has 88 valence electrons. The second kappa shape index (κ2) is 3.77. The van der Waals surface area contributed by atoms with E-state index >= 15 is 0 Å². The predicted octanol–water partition coefficient (Wildman–Crippen LogP) is 2.78. The lowest BCUT2D eigenvalue weighted by Crippen LogP contribution is -2.59. The molecule has 0 aromatic heterocycles. The molecule has 1 heterocycles. The molecule has 0 aliphatic carbocycles.